The molecule has 186 valence electrons. The van der Waals surface area contributed by atoms with E-state index in [9.17, 15) is 9.59 Å². The molecule has 0 saturated carbocycles. The molecule has 0 aromatic heterocycles. The number of carbonyl (C=O) groups excluding carboxylic acids is 2. The zero-order valence-electron chi connectivity index (χ0n) is 19.8. The molecule has 0 radical (unpaired) electrons. The van der Waals surface area contributed by atoms with Crippen molar-refractivity contribution in [3.8, 4) is 0 Å². The van der Waals surface area contributed by atoms with Gasteiger partial charge in [-0.3, -0.25) is 9.59 Å². The molecule has 3 atom stereocenters. The average molecular weight is 458 g/mol. The fourth-order valence-electron chi connectivity index (χ4n) is 3.90. The van der Waals surface area contributed by atoms with Gasteiger partial charge < -0.3 is 24.8 Å². The average Bonchev–Trinajstić information content (AvgIpc) is 3.32. The number of hydrogen-bond acceptors (Lipinski definition) is 8. The Morgan fingerprint density at radius 3 is 2.41 bits per heavy atom. The molecule has 0 spiro atoms. The first-order chi connectivity index (χ1) is 15.5. The van der Waals surface area contributed by atoms with Crippen LogP contribution in [0.15, 0.2) is 0 Å². The van der Waals surface area contributed by atoms with Gasteiger partial charge in [-0.2, -0.15) is 5.53 Å². The number of unbranched alkanes of at least 4 members (excludes halogenated alkanes) is 2. The Morgan fingerprint density at radius 1 is 1.03 bits per heavy atom. The molecule has 2 aliphatic rings. The molecular formula is C22H43N5O5. The van der Waals surface area contributed by atoms with Crippen molar-refractivity contribution in [2.45, 2.75) is 64.5 Å². The van der Waals surface area contributed by atoms with Gasteiger partial charge in [-0.25, -0.2) is 10.4 Å². The topological polar surface area (TPSA) is 113 Å². The van der Waals surface area contributed by atoms with E-state index in [2.05, 4.69) is 40.5 Å². The van der Waals surface area contributed by atoms with E-state index >= 15 is 0 Å². The molecule has 0 aromatic carbocycles. The summed E-state index contributed by atoms with van der Waals surface area (Å²) >= 11 is 0. The summed E-state index contributed by atoms with van der Waals surface area (Å²) in [5, 5.41) is 7.94. The van der Waals surface area contributed by atoms with Gasteiger partial charge in [-0.05, 0) is 32.6 Å². The number of amides is 2. The van der Waals surface area contributed by atoms with Crippen LogP contribution in [-0.4, -0.2) is 88.2 Å². The highest BCUT2D eigenvalue weighted by Gasteiger charge is 2.27. The third-order valence-electron chi connectivity index (χ3n) is 5.80. The number of rotatable bonds is 18. The fourth-order valence-corrected chi connectivity index (χ4v) is 3.90. The van der Waals surface area contributed by atoms with E-state index in [1.165, 1.54) is 0 Å². The first-order valence-electron chi connectivity index (χ1n) is 12.1. The minimum Gasteiger partial charge on any atom is -0.378 e. The first-order valence-corrected chi connectivity index (χ1v) is 12.1. The second-order valence-corrected chi connectivity index (χ2v) is 8.71. The summed E-state index contributed by atoms with van der Waals surface area (Å²) in [6.45, 7) is 9.83. The van der Waals surface area contributed by atoms with E-state index in [1.54, 1.807) is 0 Å². The summed E-state index contributed by atoms with van der Waals surface area (Å²) in [7, 11) is 0. The van der Waals surface area contributed by atoms with Gasteiger partial charge in [-0.1, -0.05) is 12.8 Å². The summed E-state index contributed by atoms with van der Waals surface area (Å²) < 4.78 is 16.5. The van der Waals surface area contributed by atoms with E-state index in [-0.39, 0.29) is 17.9 Å². The maximum absolute atomic E-state index is 11.8. The molecule has 2 rings (SSSR count). The highest BCUT2D eigenvalue weighted by Crippen LogP contribution is 2.22. The molecule has 0 bridgehead atoms. The van der Waals surface area contributed by atoms with Gasteiger partial charge >= 0.3 is 0 Å². The predicted octanol–water partition coefficient (Wildman–Crippen LogP) is 0.341. The Kier molecular flexibility index (Phi) is 13.8. The molecule has 2 aliphatic heterocycles. The monoisotopic (exact) mass is 457 g/mol. The van der Waals surface area contributed by atoms with Gasteiger partial charge in [0.15, 0.2) is 0 Å². The third-order valence-corrected chi connectivity index (χ3v) is 5.80. The quantitative estimate of drug-likeness (QED) is 0.218. The van der Waals surface area contributed by atoms with Crippen LogP contribution >= 0.6 is 0 Å². The number of nitrogens with zero attached hydrogens (tertiary/aromatic N) is 1. The van der Waals surface area contributed by atoms with Crippen LogP contribution in [-0.2, 0) is 23.8 Å². The van der Waals surface area contributed by atoms with Crippen LogP contribution in [0.1, 0.15) is 52.4 Å². The molecule has 2 fully saturated rings. The Bertz CT molecular complexity index is 539. The van der Waals surface area contributed by atoms with Crippen LogP contribution in [0.4, 0.5) is 0 Å². The Morgan fingerprint density at radius 2 is 1.75 bits per heavy atom. The van der Waals surface area contributed by atoms with E-state index in [1.807, 2.05) is 0 Å². The lowest BCUT2D eigenvalue weighted by atomic mass is 9.94. The number of hydrogen-bond donors (Lipinski definition) is 4. The number of nitrogens with one attached hydrogen (secondary N) is 4. The SMILES string of the molecule is CC1CN(CCOCCOCCOCCNC(=O)CCCCC[C@H]2CC(=O)N[C@H]2C)NN1. The zero-order chi connectivity index (χ0) is 23.0. The number of carbonyl (C=O) groups is 2. The molecule has 1 unspecified atom stereocenters. The smallest absolute Gasteiger partial charge is 0.220 e. The van der Waals surface area contributed by atoms with E-state index in [4.69, 9.17) is 14.2 Å². The van der Waals surface area contributed by atoms with E-state index < -0.39 is 0 Å². The Labute approximate surface area is 192 Å². The van der Waals surface area contributed by atoms with Gasteiger partial charge in [0.2, 0.25) is 11.8 Å². The molecule has 2 saturated heterocycles. The van der Waals surface area contributed by atoms with Crippen LogP contribution in [0, 0.1) is 5.92 Å². The largest absolute Gasteiger partial charge is 0.378 e. The molecule has 2 amide bonds. The van der Waals surface area contributed by atoms with Crippen molar-refractivity contribution >= 4 is 11.8 Å². The second-order valence-electron chi connectivity index (χ2n) is 8.71. The van der Waals surface area contributed by atoms with Gasteiger partial charge in [-0.15, -0.1) is 0 Å². The van der Waals surface area contributed by atoms with Crippen LogP contribution in [0.3, 0.4) is 0 Å². The zero-order valence-corrected chi connectivity index (χ0v) is 19.8. The highest BCUT2D eigenvalue weighted by molar-refractivity contribution is 5.78. The van der Waals surface area contributed by atoms with Crippen molar-refractivity contribution in [3.63, 3.8) is 0 Å². The summed E-state index contributed by atoms with van der Waals surface area (Å²) in [6, 6.07) is 0.744. The second kappa shape index (κ2) is 16.3. The van der Waals surface area contributed by atoms with Crippen molar-refractivity contribution in [1.82, 2.24) is 26.6 Å². The minimum atomic E-state index is 0.0717. The lowest BCUT2D eigenvalue weighted by molar-refractivity contribution is -0.121. The molecule has 0 aliphatic carbocycles. The Balaban J connectivity index is 1.26. The van der Waals surface area contributed by atoms with Gasteiger partial charge in [0.05, 0.1) is 39.6 Å². The lowest BCUT2D eigenvalue weighted by Crippen LogP contribution is -2.38. The fraction of sp³-hybridized carbons (Fsp3) is 0.909. The van der Waals surface area contributed by atoms with Crippen molar-refractivity contribution < 1.29 is 23.8 Å². The molecule has 2 heterocycles. The normalized spacial score (nSPS) is 23.6. The van der Waals surface area contributed by atoms with E-state index in [0.717, 1.165) is 38.8 Å². The summed E-state index contributed by atoms with van der Waals surface area (Å²) in [4.78, 5) is 23.2. The number of hydrazine groups is 2. The maximum Gasteiger partial charge on any atom is 0.220 e. The predicted molar refractivity (Wildman–Crippen MR) is 122 cm³/mol. The third kappa shape index (κ3) is 12.1. The molecule has 0 aromatic rings. The molecule has 4 N–H and O–H groups in total. The minimum absolute atomic E-state index is 0.0717. The van der Waals surface area contributed by atoms with Crippen molar-refractivity contribution in [1.29, 1.82) is 0 Å². The van der Waals surface area contributed by atoms with Gasteiger partial charge in [0, 0.05) is 44.6 Å². The molecule has 32 heavy (non-hydrogen) atoms. The van der Waals surface area contributed by atoms with Gasteiger partial charge in [0.1, 0.15) is 0 Å². The van der Waals surface area contributed by atoms with Crippen molar-refractivity contribution in [3.05, 3.63) is 0 Å². The molecular weight excluding hydrogens is 414 g/mol. The molecule has 10 nitrogen and oxygen atoms in total. The van der Waals surface area contributed by atoms with Crippen LogP contribution in [0.2, 0.25) is 0 Å². The van der Waals surface area contributed by atoms with E-state index in [0.29, 0.717) is 71.0 Å². The Hall–Kier alpha value is -1.30. The first kappa shape index (κ1) is 26.9. The van der Waals surface area contributed by atoms with Gasteiger partial charge in [0.25, 0.3) is 0 Å². The van der Waals surface area contributed by atoms with Crippen molar-refractivity contribution in [2.24, 2.45) is 5.92 Å². The standard InChI is InChI=1S/C22H43N5O5/c1-18-17-27(26-25-18)9-11-31-13-15-32-14-12-30-10-8-23-21(28)7-5-3-4-6-20-16-22(29)24-19(20)2/h18-20,25-26H,3-17H2,1-2H3,(H,23,28)(H,24,29)/t18?,19-,20-/m0/s1. The maximum atomic E-state index is 11.8. The van der Waals surface area contributed by atoms with Crippen LogP contribution < -0.4 is 21.6 Å². The highest BCUT2D eigenvalue weighted by atomic mass is 16.5. The summed E-state index contributed by atoms with van der Waals surface area (Å²) in [5.74, 6) is 0.685. The van der Waals surface area contributed by atoms with Crippen LogP contribution in [0.25, 0.3) is 0 Å². The molecule has 10 heteroatoms. The van der Waals surface area contributed by atoms with Crippen LogP contribution in [0.5, 0.6) is 0 Å². The summed E-state index contributed by atoms with van der Waals surface area (Å²) in [5.41, 5.74) is 6.23. The number of ether oxygens (including phenoxy) is 3. The summed E-state index contributed by atoms with van der Waals surface area (Å²) in [6.07, 6.45) is 5.22. The van der Waals surface area contributed by atoms with Crippen molar-refractivity contribution in [2.75, 3.05) is 59.3 Å². The lowest BCUT2D eigenvalue weighted by Gasteiger charge is -2.14.